The fourth-order valence-corrected chi connectivity index (χ4v) is 3.58. The zero-order chi connectivity index (χ0) is 18.1. The Morgan fingerprint density at radius 3 is 2.32 bits per heavy atom. The molecule has 1 fully saturated rings. The molecule has 1 amide bonds. The van der Waals surface area contributed by atoms with E-state index in [0.29, 0.717) is 10.8 Å². The molecule has 0 aromatic heterocycles. The van der Waals surface area contributed by atoms with Crippen molar-refractivity contribution in [2.75, 3.05) is 4.90 Å². The highest BCUT2D eigenvalue weighted by Gasteiger charge is 2.33. The number of anilines is 1. The Hall–Kier alpha value is -2.33. The second-order valence-electron chi connectivity index (χ2n) is 6.65. The number of aryl methyl sites for hydroxylation is 2. The first-order valence-corrected chi connectivity index (χ1v) is 9.18. The Balaban J connectivity index is 1.88. The Morgan fingerprint density at radius 2 is 1.72 bits per heavy atom. The highest BCUT2D eigenvalue weighted by Crippen LogP contribution is 2.35. The van der Waals surface area contributed by atoms with E-state index in [-0.39, 0.29) is 11.1 Å². The molecule has 0 unspecified atom stereocenters. The van der Waals surface area contributed by atoms with Crippen molar-refractivity contribution < 1.29 is 4.79 Å². The lowest BCUT2D eigenvalue weighted by atomic mass is 10.0. The van der Waals surface area contributed by atoms with Gasteiger partial charge in [-0.15, -0.1) is 0 Å². The summed E-state index contributed by atoms with van der Waals surface area (Å²) in [5.74, 6) is 0.351. The number of rotatable bonds is 3. The minimum Gasteiger partial charge on any atom is -0.278 e. The molecular formula is C21H22N2OS. The smallest absolute Gasteiger partial charge is 0.271 e. The predicted octanol–water partition coefficient (Wildman–Crippen LogP) is 5.48. The summed E-state index contributed by atoms with van der Waals surface area (Å²) in [4.78, 5) is 14.8. The van der Waals surface area contributed by atoms with Gasteiger partial charge < -0.3 is 0 Å². The van der Waals surface area contributed by atoms with E-state index >= 15 is 0 Å². The van der Waals surface area contributed by atoms with Crippen LogP contribution in [0.3, 0.4) is 0 Å². The first-order valence-electron chi connectivity index (χ1n) is 8.36. The third-order valence-electron chi connectivity index (χ3n) is 4.47. The lowest BCUT2D eigenvalue weighted by Gasteiger charge is -2.15. The molecule has 2 aromatic carbocycles. The van der Waals surface area contributed by atoms with Gasteiger partial charge in [0.25, 0.3) is 5.91 Å². The normalized spacial score (nSPS) is 16.4. The van der Waals surface area contributed by atoms with Gasteiger partial charge in [0.2, 0.25) is 0 Å². The van der Waals surface area contributed by atoms with Gasteiger partial charge in [0.1, 0.15) is 0 Å². The van der Waals surface area contributed by atoms with Gasteiger partial charge in [0.15, 0.2) is 5.17 Å². The Labute approximate surface area is 153 Å². The van der Waals surface area contributed by atoms with Crippen molar-refractivity contribution in [2.24, 2.45) is 0 Å². The molecule has 1 N–H and O–H groups in total. The Bertz CT molecular complexity index is 866. The van der Waals surface area contributed by atoms with Crippen LogP contribution in [0.2, 0.25) is 0 Å². The summed E-state index contributed by atoms with van der Waals surface area (Å²) in [6.07, 6.45) is 1.87. The monoisotopic (exact) mass is 350 g/mol. The van der Waals surface area contributed by atoms with Gasteiger partial charge in [-0.25, -0.2) is 0 Å². The third-order valence-corrected chi connectivity index (χ3v) is 5.36. The molecule has 25 heavy (non-hydrogen) atoms. The highest BCUT2D eigenvalue weighted by atomic mass is 32.2. The molecule has 0 bridgehead atoms. The molecule has 4 heteroatoms. The molecule has 0 atom stereocenters. The fraction of sp³-hybridized carbons (Fsp3) is 0.238. The van der Waals surface area contributed by atoms with Crippen molar-refractivity contribution in [2.45, 2.75) is 33.6 Å². The van der Waals surface area contributed by atoms with E-state index in [1.165, 1.54) is 27.8 Å². The van der Waals surface area contributed by atoms with Crippen LogP contribution in [0, 0.1) is 19.3 Å². The second kappa shape index (κ2) is 6.89. The number of hydrogen-bond acceptors (Lipinski definition) is 3. The molecule has 1 aliphatic rings. The maximum atomic E-state index is 12.8. The number of carbonyl (C=O) groups excluding carboxylic acids is 1. The van der Waals surface area contributed by atoms with Crippen LogP contribution in [0.15, 0.2) is 47.4 Å². The molecule has 2 aromatic rings. The molecule has 1 heterocycles. The van der Waals surface area contributed by atoms with Crippen LogP contribution in [0.25, 0.3) is 6.08 Å². The number of amides is 1. The number of nitrogens with zero attached hydrogens (tertiary/aromatic N) is 1. The summed E-state index contributed by atoms with van der Waals surface area (Å²) in [5.41, 5.74) is 5.30. The Kier molecular flexibility index (Phi) is 4.82. The van der Waals surface area contributed by atoms with E-state index in [0.717, 1.165) is 16.8 Å². The molecule has 1 saturated heterocycles. The lowest BCUT2D eigenvalue weighted by Crippen LogP contribution is -2.28. The van der Waals surface area contributed by atoms with Crippen molar-refractivity contribution in [3.8, 4) is 0 Å². The van der Waals surface area contributed by atoms with E-state index in [1.807, 2.05) is 50.3 Å². The van der Waals surface area contributed by atoms with E-state index in [2.05, 4.69) is 26.0 Å². The van der Waals surface area contributed by atoms with Crippen LogP contribution in [0.5, 0.6) is 0 Å². The van der Waals surface area contributed by atoms with Gasteiger partial charge in [-0.1, -0.05) is 44.2 Å². The van der Waals surface area contributed by atoms with E-state index < -0.39 is 0 Å². The molecule has 1 aliphatic heterocycles. The van der Waals surface area contributed by atoms with Crippen LogP contribution in [0.4, 0.5) is 5.69 Å². The van der Waals surface area contributed by atoms with E-state index in [4.69, 9.17) is 5.41 Å². The molecule has 0 aliphatic carbocycles. The van der Waals surface area contributed by atoms with Gasteiger partial charge >= 0.3 is 0 Å². The van der Waals surface area contributed by atoms with Crippen molar-refractivity contribution in [1.82, 2.24) is 0 Å². The maximum Gasteiger partial charge on any atom is 0.271 e. The van der Waals surface area contributed by atoms with Gasteiger partial charge in [-0.3, -0.25) is 15.1 Å². The number of amidine groups is 1. The summed E-state index contributed by atoms with van der Waals surface area (Å²) in [5, 5.41) is 8.46. The first-order chi connectivity index (χ1) is 11.9. The van der Waals surface area contributed by atoms with Gasteiger partial charge in [-0.2, -0.15) is 0 Å². The van der Waals surface area contributed by atoms with Crippen molar-refractivity contribution in [3.63, 3.8) is 0 Å². The fourth-order valence-electron chi connectivity index (χ4n) is 2.71. The standard InChI is InChI=1S/C21H22N2OS/c1-13(2)17-8-6-16(7-9-17)12-19-20(24)23(21(22)25-19)18-10-5-14(3)15(4)11-18/h5-13,22H,1-4H3/b19-12+,22-21?. The molecule has 3 nitrogen and oxygen atoms in total. The Morgan fingerprint density at radius 1 is 1.04 bits per heavy atom. The van der Waals surface area contributed by atoms with E-state index in [9.17, 15) is 4.79 Å². The molecule has 0 spiro atoms. The average molecular weight is 350 g/mol. The van der Waals surface area contributed by atoms with Crippen molar-refractivity contribution in [3.05, 3.63) is 69.6 Å². The third kappa shape index (κ3) is 3.54. The highest BCUT2D eigenvalue weighted by molar-refractivity contribution is 8.19. The maximum absolute atomic E-state index is 12.8. The summed E-state index contributed by atoms with van der Waals surface area (Å²) >= 11 is 1.21. The molecule has 0 saturated carbocycles. The van der Waals surface area contributed by atoms with Crippen LogP contribution >= 0.6 is 11.8 Å². The lowest BCUT2D eigenvalue weighted by molar-refractivity contribution is -0.113. The molecule has 128 valence electrons. The zero-order valence-electron chi connectivity index (χ0n) is 15.0. The number of nitrogens with one attached hydrogen (secondary N) is 1. The number of carbonyl (C=O) groups is 1. The topological polar surface area (TPSA) is 44.2 Å². The minimum atomic E-state index is -0.133. The molecule has 0 radical (unpaired) electrons. The van der Waals surface area contributed by atoms with Gasteiger partial charge in [-0.05, 0) is 72.0 Å². The summed E-state index contributed by atoms with van der Waals surface area (Å²) < 4.78 is 0. The summed E-state index contributed by atoms with van der Waals surface area (Å²) in [7, 11) is 0. The van der Waals surface area contributed by atoms with Gasteiger partial charge in [0.05, 0.1) is 10.6 Å². The first kappa shape index (κ1) is 17.5. The minimum absolute atomic E-state index is 0.133. The zero-order valence-corrected chi connectivity index (χ0v) is 15.8. The van der Waals surface area contributed by atoms with E-state index in [1.54, 1.807) is 0 Å². The number of benzene rings is 2. The second-order valence-corrected chi connectivity index (χ2v) is 7.68. The van der Waals surface area contributed by atoms with Crippen LogP contribution in [-0.4, -0.2) is 11.1 Å². The summed E-state index contributed by atoms with van der Waals surface area (Å²) in [6, 6.07) is 14.1. The van der Waals surface area contributed by atoms with Gasteiger partial charge in [0, 0.05) is 0 Å². The number of thioether (sulfide) groups is 1. The molecule has 3 rings (SSSR count). The van der Waals surface area contributed by atoms with Crippen molar-refractivity contribution >= 4 is 34.6 Å². The van der Waals surface area contributed by atoms with Crippen molar-refractivity contribution in [1.29, 1.82) is 5.41 Å². The SMILES string of the molecule is Cc1ccc(N2C(=N)S/C(=C/c3ccc(C(C)C)cc3)C2=O)cc1C. The largest absolute Gasteiger partial charge is 0.278 e. The predicted molar refractivity (Wildman–Crippen MR) is 107 cm³/mol. The molecular weight excluding hydrogens is 328 g/mol. The van der Waals surface area contributed by atoms with Crippen LogP contribution < -0.4 is 4.90 Å². The average Bonchev–Trinajstić information content (AvgIpc) is 2.85. The van der Waals surface area contributed by atoms with Crippen LogP contribution in [0.1, 0.15) is 42.0 Å². The van der Waals surface area contributed by atoms with Crippen LogP contribution in [-0.2, 0) is 4.79 Å². The number of hydrogen-bond donors (Lipinski definition) is 1. The summed E-state index contributed by atoms with van der Waals surface area (Å²) in [6.45, 7) is 8.37. The quantitative estimate of drug-likeness (QED) is 0.745.